The minimum absolute atomic E-state index is 0.0494. The van der Waals surface area contributed by atoms with Gasteiger partial charge in [-0.15, -0.1) is 0 Å². The summed E-state index contributed by atoms with van der Waals surface area (Å²) in [6, 6.07) is 3.25. The Balaban J connectivity index is 2.88. The number of halogens is 1. The first-order valence-electron chi connectivity index (χ1n) is 5.89. The second-order valence-corrected chi connectivity index (χ2v) is 6.29. The Labute approximate surface area is 121 Å². The zero-order chi connectivity index (χ0) is 15.3. The number of nitrogens with one attached hydrogen (secondary N) is 1. The van der Waals surface area contributed by atoms with Crippen molar-refractivity contribution in [2.45, 2.75) is 30.8 Å². The summed E-state index contributed by atoms with van der Waals surface area (Å²) in [6.07, 6.45) is 0.205. The van der Waals surface area contributed by atoms with E-state index < -0.39 is 26.7 Å². The summed E-state index contributed by atoms with van der Waals surface area (Å²) in [7, 11) is -3.86. The topological polar surface area (TPSA) is 110 Å². The standard InChI is InChI=1S/C11H15ClN2O5S/c1-2-8(15)5-6-13-20(18,19)9-3-4-10(12)11(7-9)14(16)17/h3-4,7-8,13,15H,2,5-6H2,1H3. The van der Waals surface area contributed by atoms with Crippen molar-refractivity contribution in [3.8, 4) is 0 Å². The Hall–Kier alpha value is -1.22. The molecule has 9 heteroatoms. The van der Waals surface area contributed by atoms with Gasteiger partial charge in [-0.25, -0.2) is 13.1 Å². The molecule has 7 nitrogen and oxygen atoms in total. The van der Waals surface area contributed by atoms with Crippen LogP contribution in [0, 0.1) is 10.1 Å². The van der Waals surface area contributed by atoms with Gasteiger partial charge in [0.25, 0.3) is 5.69 Å². The van der Waals surface area contributed by atoms with E-state index in [0.29, 0.717) is 6.42 Å². The molecule has 0 radical (unpaired) electrons. The fraction of sp³-hybridized carbons (Fsp3) is 0.455. The molecule has 1 rings (SSSR count). The average Bonchev–Trinajstić information content (AvgIpc) is 2.38. The highest BCUT2D eigenvalue weighted by molar-refractivity contribution is 7.89. The fourth-order valence-electron chi connectivity index (χ4n) is 1.45. The molecular formula is C11H15ClN2O5S. The van der Waals surface area contributed by atoms with Crippen molar-refractivity contribution in [3.63, 3.8) is 0 Å². The molecule has 1 atom stereocenters. The van der Waals surface area contributed by atoms with Crippen LogP contribution < -0.4 is 4.72 Å². The van der Waals surface area contributed by atoms with Crippen LogP contribution in [0.25, 0.3) is 0 Å². The van der Waals surface area contributed by atoms with Crippen molar-refractivity contribution in [2.24, 2.45) is 0 Å². The van der Waals surface area contributed by atoms with Crippen LogP contribution in [0.5, 0.6) is 0 Å². The third-order valence-electron chi connectivity index (χ3n) is 2.67. The van der Waals surface area contributed by atoms with Crippen molar-refractivity contribution in [1.29, 1.82) is 0 Å². The van der Waals surface area contributed by atoms with E-state index in [0.717, 1.165) is 12.1 Å². The smallest absolute Gasteiger partial charge is 0.289 e. The average molecular weight is 323 g/mol. The van der Waals surface area contributed by atoms with E-state index in [-0.39, 0.29) is 22.9 Å². The molecular weight excluding hydrogens is 308 g/mol. The van der Waals surface area contributed by atoms with Gasteiger partial charge < -0.3 is 5.11 Å². The van der Waals surface area contributed by atoms with E-state index >= 15 is 0 Å². The molecule has 112 valence electrons. The number of nitrogens with zero attached hydrogens (tertiary/aromatic N) is 1. The van der Waals surface area contributed by atoms with Gasteiger partial charge >= 0.3 is 0 Å². The van der Waals surface area contributed by atoms with E-state index in [1.807, 2.05) is 0 Å². The van der Waals surface area contributed by atoms with Crippen molar-refractivity contribution in [1.82, 2.24) is 4.72 Å². The molecule has 0 bridgehead atoms. The first-order valence-corrected chi connectivity index (χ1v) is 7.75. The largest absolute Gasteiger partial charge is 0.393 e. The molecule has 2 N–H and O–H groups in total. The summed E-state index contributed by atoms with van der Waals surface area (Å²) in [4.78, 5) is 9.73. The molecule has 0 saturated carbocycles. The van der Waals surface area contributed by atoms with Gasteiger partial charge in [0.1, 0.15) is 5.02 Å². The highest BCUT2D eigenvalue weighted by atomic mass is 35.5. The van der Waals surface area contributed by atoms with Gasteiger partial charge in [-0.1, -0.05) is 18.5 Å². The van der Waals surface area contributed by atoms with Crippen LogP contribution in [0.3, 0.4) is 0 Å². The molecule has 0 aromatic heterocycles. The first kappa shape index (κ1) is 16.8. The SMILES string of the molecule is CCC(O)CCNS(=O)(=O)c1ccc(Cl)c([N+](=O)[O-])c1. The lowest BCUT2D eigenvalue weighted by Gasteiger charge is -2.09. The third-order valence-corrected chi connectivity index (χ3v) is 4.44. The Morgan fingerprint density at radius 3 is 2.70 bits per heavy atom. The van der Waals surface area contributed by atoms with Gasteiger partial charge in [0, 0.05) is 12.6 Å². The molecule has 0 aliphatic rings. The van der Waals surface area contributed by atoms with Crippen molar-refractivity contribution in [2.75, 3.05) is 6.54 Å². The quantitative estimate of drug-likeness (QED) is 0.586. The molecule has 1 unspecified atom stereocenters. The number of hydrogen-bond acceptors (Lipinski definition) is 5. The molecule has 0 fully saturated rings. The highest BCUT2D eigenvalue weighted by Gasteiger charge is 2.20. The molecule has 0 aliphatic heterocycles. The summed E-state index contributed by atoms with van der Waals surface area (Å²) >= 11 is 5.62. The minimum Gasteiger partial charge on any atom is -0.393 e. The predicted molar refractivity (Wildman–Crippen MR) is 74.2 cm³/mol. The summed E-state index contributed by atoms with van der Waals surface area (Å²) in [5.74, 6) is 0. The zero-order valence-electron chi connectivity index (χ0n) is 10.7. The van der Waals surface area contributed by atoms with Crippen LogP contribution in [-0.4, -0.2) is 31.1 Å². The molecule has 0 amide bonds. The first-order chi connectivity index (χ1) is 9.27. The van der Waals surface area contributed by atoms with Gasteiger partial charge in [0.05, 0.1) is 15.9 Å². The van der Waals surface area contributed by atoms with Gasteiger partial charge in [-0.2, -0.15) is 0 Å². The zero-order valence-corrected chi connectivity index (χ0v) is 12.3. The molecule has 0 aliphatic carbocycles. The normalized spacial score (nSPS) is 13.2. The summed E-state index contributed by atoms with van der Waals surface area (Å²) in [5.41, 5.74) is -0.469. The second kappa shape index (κ2) is 6.98. The lowest BCUT2D eigenvalue weighted by atomic mass is 10.2. The van der Waals surface area contributed by atoms with E-state index in [9.17, 15) is 23.6 Å². The number of aliphatic hydroxyl groups excluding tert-OH is 1. The summed E-state index contributed by atoms with van der Waals surface area (Å²) < 4.78 is 26.1. The molecule has 1 aromatic rings. The molecule has 0 saturated heterocycles. The second-order valence-electron chi connectivity index (χ2n) is 4.12. The summed E-state index contributed by atoms with van der Waals surface area (Å²) in [6.45, 7) is 1.83. The number of sulfonamides is 1. The third kappa shape index (κ3) is 4.41. The van der Waals surface area contributed by atoms with Gasteiger partial charge in [0.15, 0.2) is 0 Å². The maximum absolute atomic E-state index is 11.9. The maximum Gasteiger partial charge on any atom is 0.289 e. The van der Waals surface area contributed by atoms with Gasteiger partial charge in [-0.05, 0) is 25.0 Å². The van der Waals surface area contributed by atoms with Crippen LogP contribution in [0.4, 0.5) is 5.69 Å². The van der Waals surface area contributed by atoms with Gasteiger partial charge in [0.2, 0.25) is 10.0 Å². The van der Waals surface area contributed by atoms with E-state index in [1.54, 1.807) is 6.92 Å². The Kier molecular flexibility index (Phi) is 5.88. The molecule has 0 heterocycles. The number of hydrogen-bond donors (Lipinski definition) is 2. The van der Waals surface area contributed by atoms with Crippen LogP contribution in [0.1, 0.15) is 19.8 Å². The monoisotopic (exact) mass is 322 g/mol. The predicted octanol–water partition coefficient (Wildman–Crippen LogP) is 1.69. The van der Waals surface area contributed by atoms with Crippen molar-refractivity contribution >= 4 is 27.3 Å². The fourth-order valence-corrected chi connectivity index (χ4v) is 2.70. The number of aliphatic hydroxyl groups is 1. The lowest BCUT2D eigenvalue weighted by Crippen LogP contribution is -2.27. The Bertz CT molecular complexity index is 590. The van der Waals surface area contributed by atoms with Crippen LogP contribution >= 0.6 is 11.6 Å². The van der Waals surface area contributed by atoms with E-state index in [1.165, 1.54) is 6.07 Å². The molecule has 20 heavy (non-hydrogen) atoms. The summed E-state index contributed by atoms with van der Waals surface area (Å²) in [5, 5.41) is 19.9. The number of nitro benzene ring substituents is 1. The van der Waals surface area contributed by atoms with Crippen molar-refractivity contribution in [3.05, 3.63) is 33.3 Å². The van der Waals surface area contributed by atoms with E-state index in [2.05, 4.69) is 4.72 Å². The number of nitro groups is 1. The van der Waals surface area contributed by atoms with E-state index in [4.69, 9.17) is 11.6 Å². The van der Waals surface area contributed by atoms with Crippen LogP contribution in [-0.2, 0) is 10.0 Å². The van der Waals surface area contributed by atoms with Crippen molar-refractivity contribution < 1.29 is 18.4 Å². The number of benzene rings is 1. The minimum atomic E-state index is -3.86. The van der Waals surface area contributed by atoms with Crippen LogP contribution in [0.2, 0.25) is 5.02 Å². The Morgan fingerprint density at radius 1 is 1.50 bits per heavy atom. The lowest BCUT2D eigenvalue weighted by molar-refractivity contribution is -0.384. The molecule has 0 spiro atoms. The van der Waals surface area contributed by atoms with Crippen LogP contribution in [0.15, 0.2) is 23.1 Å². The highest BCUT2D eigenvalue weighted by Crippen LogP contribution is 2.26. The Morgan fingerprint density at radius 2 is 2.15 bits per heavy atom. The maximum atomic E-state index is 11.9. The molecule has 1 aromatic carbocycles. The number of rotatable bonds is 7. The van der Waals surface area contributed by atoms with Gasteiger partial charge in [-0.3, -0.25) is 10.1 Å².